The van der Waals surface area contributed by atoms with E-state index in [-0.39, 0.29) is 18.8 Å². The number of hydrogen-bond acceptors (Lipinski definition) is 4. The number of aryl methyl sites for hydroxylation is 1. The number of pyridine rings is 1. The van der Waals surface area contributed by atoms with Crippen LogP contribution in [0.25, 0.3) is 5.65 Å². The van der Waals surface area contributed by atoms with E-state index in [1.54, 1.807) is 18.2 Å². The summed E-state index contributed by atoms with van der Waals surface area (Å²) in [6, 6.07) is 5.53. The minimum atomic E-state index is -0.666. The number of nitrogens with zero attached hydrogens (tertiary/aromatic N) is 2. The van der Waals surface area contributed by atoms with Crippen LogP contribution in [0.2, 0.25) is 0 Å². The Kier molecular flexibility index (Phi) is 4.75. The normalized spacial score (nSPS) is 13.7. The standard InChI is InChI=1S/C21H20F2N2O3/c1-3-27-21(26)19-12(2)24-20-18(9-14(10-25(19)20)13-7-8-13)28-11-15-16(22)5-4-6-17(15)23/h4-6,9-10,13H,3,7-8,11H2,1-2H3. The summed E-state index contributed by atoms with van der Waals surface area (Å²) in [5, 5.41) is 0. The van der Waals surface area contributed by atoms with Crippen molar-refractivity contribution in [1.29, 1.82) is 0 Å². The predicted molar refractivity (Wildman–Crippen MR) is 98.6 cm³/mol. The lowest BCUT2D eigenvalue weighted by Crippen LogP contribution is -2.10. The summed E-state index contributed by atoms with van der Waals surface area (Å²) >= 11 is 0. The first-order valence-electron chi connectivity index (χ1n) is 9.25. The summed E-state index contributed by atoms with van der Waals surface area (Å²) < 4.78 is 40.5. The third-order valence-corrected chi connectivity index (χ3v) is 4.83. The fraction of sp³-hybridized carbons (Fsp3) is 0.333. The first-order valence-corrected chi connectivity index (χ1v) is 9.25. The molecule has 28 heavy (non-hydrogen) atoms. The van der Waals surface area contributed by atoms with Crippen molar-refractivity contribution >= 4 is 11.6 Å². The number of hydrogen-bond donors (Lipinski definition) is 0. The molecule has 5 nitrogen and oxygen atoms in total. The van der Waals surface area contributed by atoms with Gasteiger partial charge in [0.15, 0.2) is 17.1 Å². The van der Waals surface area contributed by atoms with Crippen LogP contribution in [-0.2, 0) is 11.3 Å². The minimum absolute atomic E-state index is 0.147. The van der Waals surface area contributed by atoms with E-state index < -0.39 is 17.6 Å². The Morgan fingerprint density at radius 3 is 2.64 bits per heavy atom. The Morgan fingerprint density at radius 2 is 2.00 bits per heavy atom. The Hall–Kier alpha value is -2.96. The van der Waals surface area contributed by atoms with Gasteiger partial charge in [-0.2, -0.15) is 0 Å². The van der Waals surface area contributed by atoms with E-state index in [0.29, 0.717) is 28.7 Å². The number of ether oxygens (including phenoxy) is 2. The second-order valence-electron chi connectivity index (χ2n) is 6.86. The van der Waals surface area contributed by atoms with Gasteiger partial charge in [0.25, 0.3) is 0 Å². The second kappa shape index (κ2) is 7.22. The van der Waals surface area contributed by atoms with E-state index >= 15 is 0 Å². The zero-order chi connectivity index (χ0) is 19.8. The summed E-state index contributed by atoms with van der Waals surface area (Å²) in [6.45, 7) is 3.44. The molecule has 3 aromatic rings. The van der Waals surface area contributed by atoms with Crippen LogP contribution in [0.1, 0.15) is 53.0 Å². The van der Waals surface area contributed by atoms with Gasteiger partial charge in [-0.15, -0.1) is 0 Å². The molecule has 1 fully saturated rings. The van der Waals surface area contributed by atoms with Gasteiger partial charge in [0.2, 0.25) is 0 Å². The van der Waals surface area contributed by atoms with Crippen molar-refractivity contribution in [1.82, 2.24) is 9.38 Å². The molecule has 2 heterocycles. The molecule has 0 saturated heterocycles. The average Bonchev–Trinajstić information content (AvgIpc) is 3.44. The molecule has 7 heteroatoms. The summed E-state index contributed by atoms with van der Waals surface area (Å²) in [7, 11) is 0. The lowest BCUT2D eigenvalue weighted by Gasteiger charge is -2.12. The Balaban J connectivity index is 1.77. The average molecular weight is 386 g/mol. The van der Waals surface area contributed by atoms with E-state index in [4.69, 9.17) is 9.47 Å². The van der Waals surface area contributed by atoms with Gasteiger partial charge in [0.05, 0.1) is 17.9 Å². The molecule has 2 aromatic heterocycles. The van der Waals surface area contributed by atoms with Crippen molar-refractivity contribution in [2.45, 2.75) is 39.2 Å². The van der Waals surface area contributed by atoms with Gasteiger partial charge in [-0.3, -0.25) is 4.40 Å². The molecule has 0 radical (unpaired) electrons. The van der Waals surface area contributed by atoms with E-state index in [2.05, 4.69) is 4.98 Å². The highest BCUT2D eigenvalue weighted by Gasteiger charge is 2.28. The SMILES string of the molecule is CCOC(=O)c1c(C)nc2c(OCc3c(F)cccc3F)cc(C3CC3)cn12. The number of rotatable bonds is 6. The zero-order valence-electron chi connectivity index (χ0n) is 15.7. The smallest absolute Gasteiger partial charge is 0.357 e. The van der Waals surface area contributed by atoms with Gasteiger partial charge in [-0.05, 0) is 56.4 Å². The van der Waals surface area contributed by atoms with Gasteiger partial charge in [0.1, 0.15) is 18.2 Å². The molecule has 1 saturated carbocycles. The first kappa shape index (κ1) is 18.4. The Labute approximate surface area is 160 Å². The molecular weight excluding hydrogens is 366 g/mol. The van der Waals surface area contributed by atoms with Crippen LogP contribution < -0.4 is 4.74 Å². The van der Waals surface area contributed by atoms with Crippen LogP contribution in [0.3, 0.4) is 0 Å². The van der Waals surface area contributed by atoms with Crippen LogP contribution in [0, 0.1) is 18.6 Å². The van der Waals surface area contributed by atoms with Crippen LogP contribution in [0.15, 0.2) is 30.5 Å². The second-order valence-corrected chi connectivity index (χ2v) is 6.86. The lowest BCUT2D eigenvalue weighted by atomic mass is 10.2. The molecule has 4 rings (SSSR count). The van der Waals surface area contributed by atoms with E-state index in [1.807, 2.05) is 12.3 Å². The fourth-order valence-corrected chi connectivity index (χ4v) is 3.26. The third-order valence-electron chi connectivity index (χ3n) is 4.83. The van der Waals surface area contributed by atoms with Gasteiger partial charge >= 0.3 is 5.97 Å². The summed E-state index contributed by atoms with van der Waals surface area (Å²) in [5.41, 5.74) is 2.11. The van der Waals surface area contributed by atoms with Crippen molar-refractivity contribution in [3.63, 3.8) is 0 Å². The van der Waals surface area contributed by atoms with Crippen LogP contribution in [-0.4, -0.2) is 22.0 Å². The number of esters is 1. The number of imidazole rings is 1. The van der Waals surface area contributed by atoms with Gasteiger partial charge in [-0.25, -0.2) is 18.6 Å². The van der Waals surface area contributed by atoms with Gasteiger partial charge in [-0.1, -0.05) is 6.07 Å². The van der Waals surface area contributed by atoms with Crippen LogP contribution >= 0.6 is 0 Å². The number of benzene rings is 1. The first-order chi connectivity index (χ1) is 13.5. The predicted octanol–water partition coefficient (Wildman–Crippen LogP) is 4.55. The van der Waals surface area contributed by atoms with Crippen LogP contribution in [0.4, 0.5) is 8.78 Å². The molecule has 0 unspecified atom stereocenters. The highest BCUT2D eigenvalue weighted by atomic mass is 19.1. The molecule has 0 amide bonds. The largest absolute Gasteiger partial charge is 0.485 e. The summed E-state index contributed by atoms with van der Waals surface area (Å²) in [5.74, 6) is -1.03. The van der Waals surface area contributed by atoms with Crippen molar-refractivity contribution in [2.24, 2.45) is 0 Å². The number of carbonyl (C=O) groups excluding carboxylic acids is 1. The number of halogens is 2. The highest BCUT2D eigenvalue weighted by Crippen LogP contribution is 2.42. The maximum atomic E-state index is 13.9. The molecular formula is C21H20F2N2O3. The molecule has 0 spiro atoms. The zero-order valence-corrected chi connectivity index (χ0v) is 15.7. The molecule has 0 atom stereocenters. The number of carbonyl (C=O) groups is 1. The monoisotopic (exact) mass is 386 g/mol. The maximum absolute atomic E-state index is 13.9. The van der Waals surface area contributed by atoms with Crippen molar-refractivity contribution in [2.75, 3.05) is 6.61 Å². The Bertz CT molecular complexity index is 1040. The quantitative estimate of drug-likeness (QED) is 0.583. The fourth-order valence-electron chi connectivity index (χ4n) is 3.26. The summed E-state index contributed by atoms with van der Waals surface area (Å²) in [6.07, 6.45) is 3.97. The third kappa shape index (κ3) is 3.32. The van der Waals surface area contributed by atoms with Crippen molar-refractivity contribution in [3.8, 4) is 5.75 Å². The van der Waals surface area contributed by atoms with E-state index in [0.717, 1.165) is 18.4 Å². The minimum Gasteiger partial charge on any atom is -0.485 e. The maximum Gasteiger partial charge on any atom is 0.357 e. The van der Waals surface area contributed by atoms with E-state index in [9.17, 15) is 13.6 Å². The number of aromatic nitrogens is 2. The van der Waals surface area contributed by atoms with Crippen molar-refractivity contribution < 1.29 is 23.0 Å². The highest BCUT2D eigenvalue weighted by molar-refractivity contribution is 5.90. The molecule has 1 aliphatic rings. The lowest BCUT2D eigenvalue weighted by molar-refractivity contribution is 0.0517. The van der Waals surface area contributed by atoms with Gasteiger partial charge in [0, 0.05) is 6.20 Å². The van der Waals surface area contributed by atoms with E-state index in [1.165, 1.54) is 18.2 Å². The van der Waals surface area contributed by atoms with Gasteiger partial charge < -0.3 is 9.47 Å². The summed E-state index contributed by atoms with van der Waals surface area (Å²) in [4.78, 5) is 16.8. The Morgan fingerprint density at radius 1 is 1.29 bits per heavy atom. The van der Waals surface area contributed by atoms with Crippen LogP contribution in [0.5, 0.6) is 5.75 Å². The molecule has 0 aliphatic heterocycles. The number of fused-ring (bicyclic) bond motifs is 1. The molecule has 1 aromatic carbocycles. The molecule has 1 aliphatic carbocycles. The molecule has 0 bridgehead atoms. The topological polar surface area (TPSA) is 52.8 Å². The molecule has 146 valence electrons. The molecule has 0 N–H and O–H groups in total. The van der Waals surface area contributed by atoms with Crippen molar-refractivity contribution in [3.05, 3.63) is 64.6 Å².